The monoisotopic (exact) mass is 470 g/mol. The van der Waals surface area contributed by atoms with Crippen molar-refractivity contribution in [2.45, 2.75) is 31.2 Å². The van der Waals surface area contributed by atoms with Crippen molar-refractivity contribution < 1.29 is 9.29 Å². The zero-order valence-electron chi connectivity index (χ0n) is 19.4. The van der Waals surface area contributed by atoms with Gasteiger partial charge in [-0.2, -0.15) is 4.98 Å². The second-order valence-electron chi connectivity index (χ2n) is 8.38. The molecule has 0 radical (unpaired) electrons. The molecular weight excluding hydrogens is 444 g/mol. The van der Waals surface area contributed by atoms with Crippen molar-refractivity contribution >= 4 is 22.1 Å². The molecule has 0 saturated heterocycles. The number of rotatable bonds is 7. The first-order valence-electron chi connectivity index (χ1n) is 11.0. The first kappa shape index (κ1) is 23.6. The predicted octanol–water partition coefficient (Wildman–Crippen LogP) is 4.98. The number of hydrogen-bond acceptors (Lipinski definition) is 4. The highest BCUT2D eigenvalue weighted by molar-refractivity contribution is 7.90. The Labute approximate surface area is 202 Å². The summed E-state index contributed by atoms with van der Waals surface area (Å²) < 4.78 is 19.2. The van der Waals surface area contributed by atoms with Gasteiger partial charge < -0.3 is 9.29 Å². The number of aromatic nitrogens is 2. The molecule has 0 aliphatic carbocycles. The summed E-state index contributed by atoms with van der Waals surface area (Å²) in [5.41, 5.74) is 3.93. The first-order valence-corrected chi connectivity index (χ1v) is 12.6. The van der Waals surface area contributed by atoms with Gasteiger partial charge in [-0.05, 0) is 58.6 Å². The van der Waals surface area contributed by atoms with E-state index in [0.717, 1.165) is 26.9 Å². The zero-order valence-corrected chi connectivity index (χ0v) is 20.3. The van der Waals surface area contributed by atoms with Crippen molar-refractivity contribution in [2.24, 2.45) is 0 Å². The van der Waals surface area contributed by atoms with Crippen molar-refractivity contribution in [3.63, 3.8) is 0 Å². The summed E-state index contributed by atoms with van der Waals surface area (Å²) >= 11 is -1.11. The van der Waals surface area contributed by atoms with Gasteiger partial charge in [0.25, 0.3) is 0 Å². The highest BCUT2D eigenvalue weighted by atomic mass is 32.2. The molecule has 0 amide bonds. The van der Waals surface area contributed by atoms with Crippen LogP contribution in [0.4, 0.5) is 0 Å². The van der Waals surface area contributed by atoms with Crippen LogP contribution in [-0.4, -0.2) is 27.0 Å². The number of ether oxygens (including phenoxy) is 1. The first-order chi connectivity index (χ1) is 16.4. The van der Waals surface area contributed by atoms with Crippen LogP contribution in [0.15, 0.2) is 76.4 Å². The largest absolute Gasteiger partial charge is 0.612 e. The molecule has 0 aliphatic rings. The maximum atomic E-state index is 13.2. The predicted molar refractivity (Wildman–Crippen MR) is 138 cm³/mol. The molecule has 0 N–H and O–H groups in total. The molecule has 4 rings (SSSR count). The average Bonchev–Trinajstić information content (AvgIpc) is 2.84. The van der Waals surface area contributed by atoms with Crippen LogP contribution in [0, 0.1) is 12.3 Å². The minimum absolute atomic E-state index is 0.151. The highest BCUT2D eigenvalue weighted by Gasteiger charge is 2.15. The Balaban J connectivity index is 1.87. The lowest BCUT2D eigenvalue weighted by Gasteiger charge is -2.15. The molecule has 1 unspecified atom stereocenters. The molecule has 172 valence electrons. The molecule has 4 aromatic rings. The van der Waals surface area contributed by atoms with E-state index in [1.807, 2.05) is 48.5 Å². The number of nitrogens with zero attached hydrogens (tertiary/aromatic N) is 2. The Hall–Kier alpha value is -3.53. The average molecular weight is 471 g/mol. The molecule has 0 bridgehead atoms. The van der Waals surface area contributed by atoms with Crippen LogP contribution in [0.3, 0.4) is 0 Å². The van der Waals surface area contributed by atoms with Crippen molar-refractivity contribution in [3.8, 4) is 29.4 Å². The van der Waals surface area contributed by atoms with Gasteiger partial charge in [0.2, 0.25) is 0 Å². The molecule has 5 nitrogen and oxygen atoms in total. The van der Waals surface area contributed by atoms with E-state index < -0.39 is 11.2 Å². The van der Waals surface area contributed by atoms with Crippen LogP contribution in [0.1, 0.15) is 30.9 Å². The number of fused-ring (bicyclic) bond motifs is 1. The molecule has 0 fully saturated rings. The Morgan fingerprint density at radius 3 is 2.56 bits per heavy atom. The van der Waals surface area contributed by atoms with Crippen molar-refractivity contribution in [2.75, 3.05) is 12.9 Å². The standard InChI is InChI=1S/C28H26N2O3S/c1-5-15-33-23-13-14-26-25(17-23)27(22-11-9-21(10-12-22)19(2)3)29-28(31)30(26)18-20-7-6-8-24(16-20)34(4)32/h1,6-14,16-17,19H,15,18H2,2-4H3. The van der Waals surface area contributed by atoms with E-state index in [1.54, 1.807) is 16.9 Å². The second kappa shape index (κ2) is 10.2. The minimum Gasteiger partial charge on any atom is -0.612 e. The molecule has 34 heavy (non-hydrogen) atoms. The van der Waals surface area contributed by atoms with E-state index >= 15 is 0 Å². The van der Waals surface area contributed by atoms with E-state index in [4.69, 9.17) is 11.2 Å². The fourth-order valence-electron chi connectivity index (χ4n) is 3.88. The number of hydrogen-bond donors (Lipinski definition) is 0. The van der Waals surface area contributed by atoms with E-state index in [0.29, 0.717) is 23.9 Å². The van der Waals surface area contributed by atoms with Gasteiger partial charge in [0.15, 0.2) is 4.90 Å². The molecule has 1 aromatic heterocycles. The molecule has 6 heteroatoms. The van der Waals surface area contributed by atoms with Gasteiger partial charge in [-0.3, -0.25) is 4.57 Å². The summed E-state index contributed by atoms with van der Waals surface area (Å²) in [5, 5.41) is 0.793. The second-order valence-corrected chi connectivity index (χ2v) is 9.76. The van der Waals surface area contributed by atoms with Gasteiger partial charge in [0, 0.05) is 10.9 Å². The summed E-state index contributed by atoms with van der Waals surface area (Å²) in [4.78, 5) is 18.4. The third kappa shape index (κ3) is 5.01. The summed E-state index contributed by atoms with van der Waals surface area (Å²) in [7, 11) is 0. The van der Waals surface area contributed by atoms with E-state index in [2.05, 4.69) is 36.9 Å². The van der Waals surface area contributed by atoms with Crippen molar-refractivity contribution in [3.05, 3.63) is 88.3 Å². The zero-order chi connectivity index (χ0) is 24.2. The number of benzene rings is 3. The van der Waals surface area contributed by atoms with Crippen molar-refractivity contribution in [1.82, 2.24) is 9.55 Å². The van der Waals surface area contributed by atoms with Gasteiger partial charge in [-0.1, -0.05) is 56.2 Å². The summed E-state index contributed by atoms with van der Waals surface area (Å²) in [6.45, 7) is 4.74. The molecular formula is C28H26N2O3S. The van der Waals surface area contributed by atoms with Gasteiger partial charge in [-0.25, -0.2) is 4.79 Å². The van der Waals surface area contributed by atoms with Crippen LogP contribution in [0.5, 0.6) is 5.75 Å². The molecule has 0 spiro atoms. The van der Waals surface area contributed by atoms with E-state index in [-0.39, 0.29) is 12.3 Å². The van der Waals surface area contributed by atoms with Crippen molar-refractivity contribution in [1.29, 1.82) is 0 Å². The lowest BCUT2D eigenvalue weighted by atomic mass is 9.99. The topological polar surface area (TPSA) is 67.2 Å². The van der Waals surface area contributed by atoms with E-state index in [1.165, 1.54) is 5.56 Å². The Morgan fingerprint density at radius 1 is 1.12 bits per heavy atom. The fourth-order valence-corrected chi connectivity index (χ4v) is 4.47. The van der Waals surface area contributed by atoms with Gasteiger partial charge in [0.1, 0.15) is 18.6 Å². The Morgan fingerprint density at radius 2 is 1.88 bits per heavy atom. The Kier molecular flexibility index (Phi) is 7.06. The summed E-state index contributed by atoms with van der Waals surface area (Å²) in [5.74, 6) is 3.50. The SMILES string of the molecule is C#CCOc1ccc2c(c1)c(-c1ccc(C(C)C)cc1)nc(=O)n2Cc1cccc([S+](C)[O-])c1. The van der Waals surface area contributed by atoms with Gasteiger partial charge in [-0.15, -0.1) is 6.42 Å². The normalized spacial score (nSPS) is 12.0. The number of terminal acetylenes is 1. The van der Waals surface area contributed by atoms with Crippen LogP contribution < -0.4 is 10.4 Å². The molecule has 1 heterocycles. The lowest BCUT2D eigenvalue weighted by Crippen LogP contribution is -2.24. The van der Waals surface area contributed by atoms with E-state index in [9.17, 15) is 9.35 Å². The molecule has 3 aromatic carbocycles. The third-order valence-corrected chi connectivity index (χ3v) is 6.61. The van der Waals surface area contributed by atoms with Gasteiger partial charge in [0.05, 0.1) is 17.8 Å². The maximum absolute atomic E-state index is 13.2. The summed E-state index contributed by atoms with van der Waals surface area (Å²) in [6.07, 6.45) is 7.00. The van der Waals surface area contributed by atoms with Gasteiger partial charge >= 0.3 is 5.69 Å². The molecule has 1 atom stereocenters. The molecule has 0 saturated carbocycles. The molecule has 0 aliphatic heterocycles. The van der Waals surface area contributed by atoms with Crippen LogP contribution in [0.2, 0.25) is 0 Å². The fraction of sp³-hybridized carbons (Fsp3) is 0.214. The third-order valence-electron chi connectivity index (χ3n) is 5.70. The maximum Gasteiger partial charge on any atom is 0.348 e. The summed E-state index contributed by atoms with van der Waals surface area (Å²) in [6, 6.07) is 21.1. The van der Waals surface area contributed by atoms with Crippen LogP contribution >= 0.6 is 0 Å². The Bertz CT molecular complexity index is 1420. The van der Waals surface area contributed by atoms with Crippen LogP contribution in [-0.2, 0) is 17.7 Å². The lowest BCUT2D eigenvalue weighted by molar-refractivity contribution is 0.371. The smallest absolute Gasteiger partial charge is 0.348 e. The quantitative estimate of drug-likeness (QED) is 0.282. The minimum atomic E-state index is -1.11. The highest BCUT2D eigenvalue weighted by Crippen LogP contribution is 2.30. The van der Waals surface area contributed by atoms with Crippen LogP contribution in [0.25, 0.3) is 22.2 Å².